The summed E-state index contributed by atoms with van der Waals surface area (Å²) in [4.78, 5) is 25.4. The highest BCUT2D eigenvalue weighted by molar-refractivity contribution is 6.04. The second-order valence-electron chi connectivity index (χ2n) is 5.49. The number of rotatable bonds is 4. The van der Waals surface area contributed by atoms with E-state index in [4.69, 9.17) is 0 Å². The zero-order valence-electron chi connectivity index (χ0n) is 13.8. The molecule has 0 atom stereocenters. The molecule has 26 heavy (non-hydrogen) atoms. The predicted molar refractivity (Wildman–Crippen MR) is 94.0 cm³/mol. The Morgan fingerprint density at radius 3 is 2.88 bits per heavy atom. The van der Waals surface area contributed by atoms with Gasteiger partial charge in [0, 0.05) is 31.8 Å². The lowest BCUT2D eigenvalue weighted by molar-refractivity contribution is 0.102. The molecule has 0 saturated carbocycles. The number of aromatic amines is 1. The molecule has 4 heterocycles. The molecule has 1 amide bonds. The Morgan fingerprint density at radius 1 is 1.19 bits per heavy atom. The van der Waals surface area contributed by atoms with E-state index in [0.29, 0.717) is 28.5 Å². The van der Waals surface area contributed by atoms with Crippen LogP contribution in [0.4, 0.5) is 5.69 Å². The van der Waals surface area contributed by atoms with Gasteiger partial charge in [0.25, 0.3) is 5.91 Å². The molecule has 0 aliphatic heterocycles. The minimum Gasteiger partial charge on any atom is -0.317 e. The van der Waals surface area contributed by atoms with Crippen LogP contribution in [-0.2, 0) is 7.05 Å². The number of H-pyrrole nitrogens is 1. The number of carbonyl (C=O) groups excluding carboxylic acids is 1. The van der Waals surface area contributed by atoms with Crippen molar-refractivity contribution in [3.05, 3.63) is 60.9 Å². The third-order valence-corrected chi connectivity index (χ3v) is 3.63. The van der Waals surface area contributed by atoms with Crippen LogP contribution in [0.15, 0.2) is 55.2 Å². The third-order valence-electron chi connectivity index (χ3n) is 3.63. The summed E-state index contributed by atoms with van der Waals surface area (Å²) in [7, 11) is 1.78. The highest BCUT2D eigenvalue weighted by Crippen LogP contribution is 2.24. The number of anilines is 1. The lowest BCUT2D eigenvalue weighted by atomic mass is 10.2. The average molecular weight is 346 g/mol. The number of hydrogen-bond donors (Lipinski definition) is 2. The number of pyridine rings is 1. The molecule has 0 aliphatic rings. The SMILES string of the molecule is Cn1cc(NC(=O)c2ccnc(-c3cn[nH]c3)n2)c(-c2ccccn2)n1. The van der Waals surface area contributed by atoms with Crippen molar-refractivity contribution in [1.29, 1.82) is 0 Å². The van der Waals surface area contributed by atoms with Crippen molar-refractivity contribution in [3.63, 3.8) is 0 Å². The molecule has 0 saturated heterocycles. The standard InChI is InChI=1S/C17H14N8O/c1-25-10-14(15(24-25)12-4-2-3-6-18-12)23-17(26)13-5-7-19-16(22-13)11-8-20-21-9-11/h2-10H,1H3,(H,20,21)(H,23,26). The van der Waals surface area contributed by atoms with Crippen LogP contribution in [0.3, 0.4) is 0 Å². The van der Waals surface area contributed by atoms with E-state index in [-0.39, 0.29) is 11.6 Å². The van der Waals surface area contributed by atoms with Crippen molar-refractivity contribution in [2.45, 2.75) is 0 Å². The van der Waals surface area contributed by atoms with Gasteiger partial charge < -0.3 is 5.32 Å². The fourth-order valence-corrected chi connectivity index (χ4v) is 2.46. The first kappa shape index (κ1) is 15.6. The maximum absolute atomic E-state index is 12.6. The van der Waals surface area contributed by atoms with E-state index < -0.39 is 0 Å². The summed E-state index contributed by atoms with van der Waals surface area (Å²) in [6.07, 6.45) is 8.19. The Labute approximate surface area is 148 Å². The van der Waals surface area contributed by atoms with Gasteiger partial charge >= 0.3 is 0 Å². The number of carbonyl (C=O) groups is 1. The molecular formula is C17H14N8O. The lowest BCUT2D eigenvalue weighted by Crippen LogP contribution is -2.14. The van der Waals surface area contributed by atoms with Crippen molar-refractivity contribution in [2.75, 3.05) is 5.32 Å². The van der Waals surface area contributed by atoms with E-state index in [1.54, 1.807) is 42.6 Å². The van der Waals surface area contributed by atoms with Gasteiger partial charge in [-0.1, -0.05) is 6.07 Å². The van der Waals surface area contributed by atoms with E-state index in [9.17, 15) is 4.79 Å². The predicted octanol–water partition coefficient (Wildman–Crippen LogP) is 1.91. The van der Waals surface area contributed by atoms with Gasteiger partial charge in [-0.25, -0.2) is 9.97 Å². The van der Waals surface area contributed by atoms with E-state index in [2.05, 4.69) is 35.6 Å². The Morgan fingerprint density at radius 2 is 2.12 bits per heavy atom. The maximum atomic E-state index is 12.6. The molecule has 0 fully saturated rings. The third kappa shape index (κ3) is 3.05. The van der Waals surface area contributed by atoms with E-state index in [0.717, 1.165) is 0 Å². The minimum atomic E-state index is -0.359. The number of aromatic nitrogens is 7. The topological polar surface area (TPSA) is 114 Å². The summed E-state index contributed by atoms with van der Waals surface area (Å²) >= 11 is 0. The minimum absolute atomic E-state index is 0.243. The highest BCUT2D eigenvalue weighted by atomic mass is 16.1. The smallest absolute Gasteiger partial charge is 0.274 e. The van der Waals surface area contributed by atoms with E-state index in [1.165, 1.54) is 6.20 Å². The van der Waals surface area contributed by atoms with Gasteiger partial charge in [0.15, 0.2) is 5.82 Å². The molecular weight excluding hydrogens is 332 g/mol. The van der Waals surface area contributed by atoms with Crippen LogP contribution in [0.25, 0.3) is 22.8 Å². The van der Waals surface area contributed by atoms with Crippen molar-refractivity contribution < 1.29 is 4.79 Å². The van der Waals surface area contributed by atoms with Crippen LogP contribution in [0.5, 0.6) is 0 Å². The van der Waals surface area contributed by atoms with Gasteiger partial charge in [0.2, 0.25) is 0 Å². The van der Waals surface area contributed by atoms with Crippen molar-refractivity contribution in [2.24, 2.45) is 7.05 Å². The largest absolute Gasteiger partial charge is 0.317 e. The average Bonchev–Trinajstić information content (AvgIpc) is 3.32. The van der Waals surface area contributed by atoms with Crippen LogP contribution in [0.1, 0.15) is 10.5 Å². The van der Waals surface area contributed by atoms with Gasteiger partial charge in [-0.2, -0.15) is 10.2 Å². The van der Waals surface area contributed by atoms with Crippen molar-refractivity contribution >= 4 is 11.6 Å². The lowest BCUT2D eigenvalue weighted by Gasteiger charge is -2.05. The number of nitrogens with one attached hydrogen (secondary N) is 2. The molecule has 0 aromatic carbocycles. The van der Waals surface area contributed by atoms with E-state index in [1.807, 2.05) is 18.2 Å². The molecule has 0 spiro atoms. The number of amides is 1. The molecule has 4 aromatic rings. The Kier molecular flexibility index (Phi) is 3.94. The molecule has 0 aliphatic carbocycles. The normalized spacial score (nSPS) is 10.7. The Bertz CT molecular complexity index is 1040. The van der Waals surface area contributed by atoms with Crippen molar-refractivity contribution in [3.8, 4) is 22.8 Å². The highest BCUT2D eigenvalue weighted by Gasteiger charge is 2.16. The molecule has 9 heteroatoms. The van der Waals surface area contributed by atoms with Gasteiger partial charge in [-0.05, 0) is 18.2 Å². The number of nitrogens with zero attached hydrogens (tertiary/aromatic N) is 6. The van der Waals surface area contributed by atoms with Crippen LogP contribution in [0.2, 0.25) is 0 Å². The molecule has 0 unspecified atom stereocenters. The summed E-state index contributed by atoms with van der Waals surface area (Å²) in [5, 5.41) is 13.8. The summed E-state index contributed by atoms with van der Waals surface area (Å²) in [5.41, 5.74) is 2.76. The summed E-state index contributed by atoms with van der Waals surface area (Å²) in [6, 6.07) is 7.07. The van der Waals surface area contributed by atoms with Crippen LogP contribution < -0.4 is 5.32 Å². The zero-order chi connectivity index (χ0) is 17.9. The van der Waals surface area contributed by atoms with Crippen LogP contribution in [0, 0.1) is 0 Å². The summed E-state index contributed by atoms with van der Waals surface area (Å²) < 4.78 is 1.62. The fourth-order valence-electron chi connectivity index (χ4n) is 2.46. The molecule has 0 bridgehead atoms. The summed E-state index contributed by atoms with van der Waals surface area (Å²) in [5.74, 6) is 0.0601. The molecule has 4 rings (SSSR count). The second kappa shape index (κ2) is 6.55. The number of aryl methyl sites for hydroxylation is 1. The van der Waals surface area contributed by atoms with Gasteiger partial charge in [-0.3, -0.25) is 19.6 Å². The van der Waals surface area contributed by atoms with E-state index >= 15 is 0 Å². The molecule has 2 N–H and O–H groups in total. The molecule has 0 radical (unpaired) electrons. The fraction of sp³-hybridized carbons (Fsp3) is 0.0588. The first-order chi connectivity index (χ1) is 12.7. The second-order valence-corrected chi connectivity index (χ2v) is 5.49. The van der Waals surface area contributed by atoms with Gasteiger partial charge in [0.05, 0.1) is 23.1 Å². The molecule has 128 valence electrons. The maximum Gasteiger partial charge on any atom is 0.274 e. The molecule has 9 nitrogen and oxygen atoms in total. The van der Waals surface area contributed by atoms with Gasteiger partial charge in [-0.15, -0.1) is 0 Å². The molecule has 4 aromatic heterocycles. The van der Waals surface area contributed by atoms with Gasteiger partial charge in [0.1, 0.15) is 11.4 Å². The quantitative estimate of drug-likeness (QED) is 0.583. The zero-order valence-corrected chi connectivity index (χ0v) is 13.8. The number of hydrogen-bond acceptors (Lipinski definition) is 6. The first-order valence-electron chi connectivity index (χ1n) is 7.79. The monoisotopic (exact) mass is 346 g/mol. The Balaban J connectivity index is 1.63. The van der Waals surface area contributed by atoms with Crippen LogP contribution in [-0.4, -0.2) is 40.8 Å². The van der Waals surface area contributed by atoms with Crippen LogP contribution >= 0.6 is 0 Å². The Hall–Kier alpha value is -3.88. The first-order valence-corrected chi connectivity index (χ1v) is 7.79. The summed E-state index contributed by atoms with van der Waals surface area (Å²) in [6.45, 7) is 0. The van der Waals surface area contributed by atoms with Crippen molar-refractivity contribution in [1.82, 2.24) is 34.9 Å².